The van der Waals surface area contributed by atoms with E-state index in [4.69, 9.17) is 0 Å². The second-order valence-corrected chi connectivity index (χ2v) is 5.04. The Morgan fingerprint density at radius 1 is 1.10 bits per heavy atom. The fraction of sp³-hybridized carbons (Fsp3) is 0. The number of amides is 1. The van der Waals surface area contributed by atoms with Crippen molar-refractivity contribution in [1.82, 2.24) is 4.98 Å². The highest BCUT2D eigenvalue weighted by atomic mass is 32.2. The largest absolute Gasteiger partial charge is 0.765 e. The number of nitrogens with zero attached hydrogens (tertiary/aromatic N) is 1. The number of para-hydroxylation sites is 1. The summed E-state index contributed by atoms with van der Waals surface area (Å²) >= 11 is -2.80. The maximum absolute atomic E-state index is 11.3. The molecule has 1 heterocycles. The van der Waals surface area contributed by atoms with Crippen LogP contribution in [-0.4, -0.2) is 19.0 Å². The maximum atomic E-state index is 11.3. The fourth-order valence-corrected chi connectivity index (χ4v) is 2.25. The molecular weight excluding hydrogens is 276 g/mol. The summed E-state index contributed by atoms with van der Waals surface area (Å²) in [6.45, 7) is 0. The molecule has 6 heteroatoms. The lowest BCUT2D eigenvalue weighted by Gasteiger charge is -2.10. The molecule has 2 aromatic carbocycles. The summed E-state index contributed by atoms with van der Waals surface area (Å²) in [5, 5.41) is 2.91. The standard InChI is InChI=1S/C14H10N2O3S/c17-14(20(18)19)16-13-7-3-6-12-10(13)8-9-4-1-2-5-11(9)15-12/h1-8H,(H,16,17)(H,18,19)/p-1. The van der Waals surface area contributed by atoms with E-state index in [2.05, 4.69) is 10.3 Å². The number of benzene rings is 2. The molecule has 100 valence electrons. The number of anilines is 1. The molecule has 20 heavy (non-hydrogen) atoms. The van der Waals surface area contributed by atoms with Crippen LogP contribution in [0.15, 0.2) is 48.5 Å². The van der Waals surface area contributed by atoms with Gasteiger partial charge in [0.05, 0.1) is 16.7 Å². The minimum atomic E-state index is -2.80. The Labute approximate surface area is 116 Å². The Hall–Kier alpha value is -2.31. The van der Waals surface area contributed by atoms with Crippen molar-refractivity contribution in [1.29, 1.82) is 0 Å². The molecule has 0 bridgehead atoms. The third-order valence-electron chi connectivity index (χ3n) is 2.95. The average Bonchev–Trinajstić information content (AvgIpc) is 2.45. The van der Waals surface area contributed by atoms with Crippen LogP contribution in [0.25, 0.3) is 21.8 Å². The lowest BCUT2D eigenvalue weighted by Crippen LogP contribution is -2.15. The van der Waals surface area contributed by atoms with Gasteiger partial charge in [-0.25, -0.2) is 4.98 Å². The topological polar surface area (TPSA) is 82.1 Å². The molecule has 3 rings (SSSR count). The molecular formula is C14H9N2O3S-. The molecule has 1 amide bonds. The number of pyridine rings is 1. The Bertz CT molecular complexity index is 848. The molecule has 0 saturated carbocycles. The van der Waals surface area contributed by atoms with Crippen molar-refractivity contribution < 1.29 is 13.6 Å². The first-order valence-electron chi connectivity index (χ1n) is 5.84. The van der Waals surface area contributed by atoms with Gasteiger partial charge in [0.1, 0.15) is 0 Å². The molecule has 1 unspecified atom stereocenters. The van der Waals surface area contributed by atoms with E-state index in [-0.39, 0.29) is 0 Å². The van der Waals surface area contributed by atoms with Gasteiger partial charge in [0.25, 0.3) is 5.24 Å². The van der Waals surface area contributed by atoms with Crippen LogP contribution in [0.4, 0.5) is 10.5 Å². The van der Waals surface area contributed by atoms with Crippen molar-refractivity contribution in [3.63, 3.8) is 0 Å². The summed E-state index contributed by atoms with van der Waals surface area (Å²) in [6.07, 6.45) is 0. The zero-order valence-electron chi connectivity index (χ0n) is 10.2. The van der Waals surface area contributed by atoms with E-state index >= 15 is 0 Å². The van der Waals surface area contributed by atoms with Crippen LogP contribution < -0.4 is 5.32 Å². The number of rotatable bonds is 1. The third kappa shape index (κ3) is 2.26. The van der Waals surface area contributed by atoms with E-state index in [1.807, 2.05) is 36.4 Å². The second-order valence-electron chi connectivity index (χ2n) is 4.20. The van der Waals surface area contributed by atoms with Gasteiger partial charge in [-0.3, -0.25) is 9.00 Å². The smallest absolute Gasteiger partial charge is 0.300 e. The Kier molecular flexibility index (Phi) is 3.17. The number of nitrogens with one attached hydrogen (secondary N) is 1. The molecule has 0 aliphatic heterocycles. The predicted molar refractivity (Wildman–Crippen MR) is 77.2 cm³/mol. The van der Waals surface area contributed by atoms with Crippen LogP contribution in [0.3, 0.4) is 0 Å². The summed E-state index contributed by atoms with van der Waals surface area (Å²) in [4.78, 5) is 15.8. The number of fused-ring (bicyclic) bond motifs is 2. The average molecular weight is 285 g/mol. The zero-order chi connectivity index (χ0) is 14.1. The Balaban J connectivity index is 2.20. The maximum Gasteiger partial charge on any atom is 0.300 e. The highest BCUT2D eigenvalue weighted by molar-refractivity contribution is 7.95. The van der Waals surface area contributed by atoms with E-state index in [0.717, 1.165) is 10.9 Å². The molecule has 0 aliphatic rings. The van der Waals surface area contributed by atoms with Crippen LogP contribution >= 0.6 is 0 Å². The lowest BCUT2D eigenvalue weighted by atomic mass is 10.1. The first-order valence-corrected chi connectivity index (χ1v) is 6.91. The van der Waals surface area contributed by atoms with E-state index < -0.39 is 16.3 Å². The van der Waals surface area contributed by atoms with Gasteiger partial charge >= 0.3 is 0 Å². The van der Waals surface area contributed by atoms with Crippen LogP contribution in [-0.2, 0) is 11.1 Å². The molecule has 1 atom stereocenters. The SMILES string of the molecule is O=C(Nc1cccc2nc3ccccc3cc12)S(=O)[O-]. The van der Waals surface area contributed by atoms with Crippen LogP contribution in [0.1, 0.15) is 0 Å². The minimum Gasteiger partial charge on any atom is -0.765 e. The van der Waals surface area contributed by atoms with Gasteiger partial charge in [0.2, 0.25) is 0 Å². The molecule has 0 aliphatic carbocycles. The van der Waals surface area contributed by atoms with Gasteiger partial charge in [-0.15, -0.1) is 0 Å². The van der Waals surface area contributed by atoms with Crippen molar-refractivity contribution in [2.24, 2.45) is 0 Å². The quantitative estimate of drug-likeness (QED) is 0.550. The Morgan fingerprint density at radius 2 is 1.85 bits per heavy atom. The van der Waals surface area contributed by atoms with E-state index in [0.29, 0.717) is 16.6 Å². The minimum absolute atomic E-state index is 0.426. The molecule has 0 saturated heterocycles. The van der Waals surface area contributed by atoms with Crippen molar-refractivity contribution >= 4 is 43.8 Å². The molecule has 0 fully saturated rings. The number of carbonyl (C=O) groups excluding carboxylic acids is 1. The van der Waals surface area contributed by atoms with Crippen molar-refractivity contribution in [3.05, 3.63) is 48.5 Å². The summed E-state index contributed by atoms with van der Waals surface area (Å²) in [6, 6.07) is 14.6. The third-order valence-corrected chi connectivity index (χ3v) is 3.35. The highest BCUT2D eigenvalue weighted by Gasteiger charge is 2.07. The lowest BCUT2D eigenvalue weighted by molar-refractivity contribution is 0.267. The number of aromatic nitrogens is 1. The van der Waals surface area contributed by atoms with Gasteiger partial charge in [-0.1, -0.05) is 24.3 Å². The van der Waals surface area contributed by atoms with Gasteiger partial charge < -0.3 is 9.87 Å². The zero-order valence-corrected chi connectivity index (χ0v) is 11.0. The second kappa shape index (κ2) is 4.99. The van der Waals surface area contributed by atoms with Gasteiger partial charge in [-0.2, -0.15) is 0 Å². The number of carbonyl (C=O) groups is 1. The van der Waals surface area contributed by atoms with Gasteiger partial charge in [0, 0.05) is 21.9 Å². The van der Waals surface area contributed by atoms with Crippen LogP contribution in [0.5, 0.6) is 0 Å². The summed E-state index contributed by atoms with van der Waals surface area (Å²) in [5.41, 5.74) is 1.96. The normalized spacial score (nSPS) is 12.4. The fourth-order valence-electron chi connectivity index (χ4n) is 2.06. The molecule has 0 radical (unpaired) electrons. The predicted octanol–water partition coefficient (Wildman–Crippen LogP) is 2.80. The summed E-state index contributed by atoms with van der Waals surface area (Å²) in [5.74, 6) is 0. The summed E-state index contributed by atoms with van der Waals surface area (Å²) in [7, 11) is 0. The molecule has 5 nitrogen and oxygen atoms in total. The molecule has 0 spiro atoms. The number of hydrogen-bond donors (Lipinski definition) is 1. The Morgan fingerprint density at radius 3 is 2.65 bits per heavy atom. The highest BCUT2D eigenvalue weighted by Crippen LogP contribution is 2.26. The molecule has 1 aromatic heterocycles. The number of hydrogen-bond acceptors (Lipinski definition) is 4. The first-order chi connectivity index (χ1) is 9.65. The van der Waals surface area contributed by atoms with E-state index in [1.54, 1.807) is 12.1 Å². The van der Waals surface area contributed by atoms with E-state index in [1.165, 1.54) is 0 Å². The van der Waals surface area contributed by atoms with Crippen LogP contribution in [0, 0.1) is 0 Å². The monoisotopic (exact) mass is 285 g/mol. The first kappa shape index (κ1) is 12.7. The van der Waals surface area contributed by atoms with Gasteiger partial charge in [-0.05, 0) is 24.3 Å². The van der Waals surface area contributed by atoms with Gasteiger partial charge in [0.15, 0.2) is 0 Å². The van der Waals surface area contributed by atoms with Crippen molar-refractivity contribution in [2.75, 3.05) is 5.32 Å². The summed E-state index contributed by atoms with van der Waals surface area (Å²) < 4.78 is 21.2. The molecule has 1 N–H and O–H groups in total. The van der Waals surface area contributed by atoms with Crippen LogP contribution in [0.2, 0.25) is 0 Å². The van der Waals surface area contributed by atoms with E-state index in [9.17, 15) is 13.6 Å². The van der Waals surface area contributed by atoms with Crippen molar-refractivity contribution in [3.8, 4) is 0 Å². The molecule has 3 aromatic rings. The van der Waals surface area contributed by atoms with Crippen molar-refractivity contribution in [2.45, 2.75) is 0 Å².